The molecule has 1 saturated heterocycles. The van der Waals surface area contributed by atoms with Gasteiger partial charge in [0.05, 0.1) is 5.69 Å². The molecule has 1 fully saturated rings. The van der Waals surface area contributed by atoms with E-state index in [0.29, 0.717) is 29.9 Å². The molecule has 2 aromatic carbocycles. The molecule has 0 radical (unpaired) electrons. The minimum absolute atomic E-state index is 0.213. The van der Waals surface area contributed by atoms with Gasteiger partial charge in [-0.1, -0.05) is 38.1 Å². The molecule has 0 bridgehead atoms. The molecule has 30 heavy (non-hydrogen) atoms. The topological polar surface area (TPSA) is 56.8 Å². The first kappa shape index (κ1) is 22.1. The Bertz CT molecular complexity index is 831. The lowest BCUT2D eigenvalue weighted by molar-refractivity contribution is 0.0890. The molecule has 2 N–H and O–H groups in total. The number of nitrogens with zero attached hydrogens (tertiary/aromatic N) is 2. The number of urea groups is 1. The fourth-order valence-corrected chi connectivity index (χ4v) is 3.77. The first-order chi connectivity index (χ1) is 14.4. The number of aryl methyl sites for hydroxylation is 1. The Hall–Kier alpha value is -2.57. The number of ether oxygens (including phenoxy) is 1. The fourth-order valence-electron chi connectivity index (χ4n) is 3.77. The van der Waals surface area contributed by atoms with Crippen LogP contribution < -0.4 is 15.4 Å². The molecule has 1 aliphatic heterocycles. The van der Waals surface area contributed by atoms with Crippen molar-refractivity contribution in [3.05, 3.63) is 54.1 Å². The molecule has 1 atom stereocenters. The number of amides is 2. The van der Waals surface area contributed by atoms with E-state index in [-0.39, 0.29) is 6.03 Å². The number of carbonyl (C=O) groups is 1. The Kier molecular flexibility index (Phi) is 7.71. The highest BCUT2D eigenvalue weighted by Crippen LogP contribution is 2.29. The molecular weight excluding hydrogens is 376 g/mol. The van der Waals surface area contributed by atoms with Gasteiger partial charge in [0, 0.05) is 38.8 Å². The van der Waals surface area contributed by atoms with Gasteiger partial charge in [-0.25, -0.2) is 4.79 Å². The van der Waals surface area contributed by atoms with Gasteiger partial charge < -0.3 is 20.3 Å². The van der Waals surface area contributed by atoms with E-state index >= 15 is 0 Å². The quantitative estimate of drug-likeness (QED) is 0.719. The SMILES string of the molecule is Cc1cccc(Oc2ccccc2NC(=O)NCC(C(C)C)N2CCN(C)CC2)c1. The lowest BCUT2D eigenvalue weighted by Crippen LogP contribution is -2.54. The van der Waals surface area contributed by atoms with Crippen molar-refractivity contribution >= 4 is 11.7 Å². The zero-order chi connectivity index (χ0) is 21.5. The van der Waals surface area contributed by atoms with Crippen molar-refractivity contribution in [3.8, 4) is 11.5 Å². The molecule has 2 amide bonds. The van der Waals surface area contributed by atoms with E-state index in [9.17, 15) is 4.79 Å². The van der Waals surface area contributed by atoms with Gasteiger partial charge in [-0.3, -0.25) is 4.90 Å². The summed E-state index contributed by atoms with van der Waals surface area (Å²) in [6.07, 6.45) is 0. The number of anilines is 1. The fraction of sp³-hybridized carbons (Fsp3) is 0.458. The third-order valence-corrected chi connectivity index (χ3v) is 5.60. The van der Waals surface area contributed by atoms with Gasteiger partial charge in [-0.15, -0.1) is 0 Å². The van der Waals surface area contributed by atoms with Crippen LogP contribution in [0.3, 0.4) is 0 Å². The standard InChI is InChI=1S/C24H34N4O2/c1-18(2)22(28-14-12-27(4)13-15-28)17-25-24(29)26-21-10-5-6-11-23(21)30-20-9-7-8-19(3)16-20/h5-11,16,18,22H,12-15,17H2,1-4H3,(H2,25,26,29). The van der Waals surface area contributed by atoms with Crippen LogP contribution in [-0.2, 0) is 0 Å². The number of hydrogen-bond donors (Lipinski definition) is 2. The van der Waals surface area contributed by atoms with Crippen molar-refractivity contribution in [2.24, 2.45) is 5.92 Å². The highest BCUT2D eigenvalue weighted by atomic mass is 16.5. The second-order valence-electron chi connectivity index (χ2n) is 8.40. The van der Waals surface area contributed by atoms with Gasteiger partial charge in [0.2, 0.25) is 0 Å². The lowest BCUT2D eigenvalue weighted by atomic mass is 10.0. The van der Waals surface area contributed by atoms with Crippen molar-refractivity contribution in [3.63, 3.8) is 0 Å². The van der Waals surface area contributed by atoms with Gasteiger partial charge in [0.25, 0.3) is 0 Å². The number of piperazine rings is 1. The Morgan fingerprint density at radius 3 is 2.50 bits per heavy atom. The summed E-state index contributed by atoms with van der Waals surface area (Å²) in [6, 6.07) is 15.5. The van der Waals surface area contributed by atoms with E-state index in [1.807, 2.05) is 55.5 Å². The minimum atomic E-state index is -0.213. The van der Waals surface area contributed by atoms with Crippen LogP contribution in [0.1, 0.15) is 19.4 Å². The molecule has 0 saturated carbocycles. The Balaban J connectivity index is 1.59. The Morgan fingerprint density at radius 1 is 1.07 bits per heavy atom. The van der Waals surface area contributed by atoms with Crippen molar-refractivity contribution < 1.29 is 9.53 Å². The van der Waals surface area contributed by atoms with Crippen molar-refractivity contribution in [2.75, 3.05) is 45.1 Å². The molecule has 3 rings (SSSR count). The molecule has 0 spiro atoms. The maximum absolute atomic E-state index is 12.6. The third-order valence-electron chi connectivity index (χ3n) is 5.60. The monoisotopic (exact) mass is 410 g/mol. The summed E-state index contributed by atoms with van der Waals surface area (Å²) in [7, 11) is 2.16. The molecule has 1 heterocycles. The number of hydrogen-bond acceptors (Lipinski definition) is 4. The average Bonchev–Trinajstić information content (AvgIpc) is 2.71. The van der Waals surface area contributed by atoms with Gasteiger partial charge in [-0.05, 0) is 49.7 Å². The highest BCUT2D eigenvalue weighted by Gasteiger charge is 2.25. The average molecular weight is 411 g/mol. The minimum Gasteiger partial charge on any atom is -0.455 e. The largest absolute Gasteiger partial charge is 0.455 e. The maximum atomic E-state index is 12.6. The molecule has 0 aromatic heterocycles. The summed E-state index contributed by atoms with van der Waals surface area (Å²) in [6.45, 7) is 11.3. The smallest absolute Gasteiger partial charge is 0.319 e. The summed E-state index contributed by atoms with van der Waals surface area (Å²) >= 11 is 0. The van der Waals surface area contributed by atoms with Crippen LogP contribution >= 0.6 is 0 Å². The van der Waals surface area contributed by atoms with Crippen molar-refractivity contribution in [1.29, 1.82) is 0 Å². The van der Waals surface area contributed by atoms with Gasteiger partial charge in [0.15, 0.2) is 5.75 Å². The van der Waals surface area contributed by atoms with Crippen molar-refractivity contribution in [1.82, 2.24) is 15.1 Å². The van der Waals surface area contributed by atoms with E-state index < -0.39 is 0 Å². The maximum Gasteiger partial charge on any atom is 0.319 e. The van der Waals surface area contributed by atoms with Crippen LogP contribution in [0.4, 0.5) is 10.5 Å². The summed E-state index contributed by atoms with van der Waals surface area (Å²) in [5.74, 6) is 1.84. The van der Waals surface area contributed by atoms with Crippen LogP contribution in [0.5, 0.6) is 11.5 Å². The Morgan fingerprint density at radius 2 is 1.80 bits per heavy atom. The van der Waals surface area contributed by atoms with E-state index in [0.717, 1.165) is 37.5 Å². The normalized spacial score (nSPS) is 16.3. The number of benzene rings is 2. The molecule has 0 aliphatic carbocycles. The number of carbonyl (C=O) groups excluding carboxylic acids is 1. The first-order valence-electron chi connectivity index (χ1n) is 10.7. The van der Waals surface area contributed by atoms with E-state index in [2.05, 4.69) is 41.3 Å². The molecule has 6 heteroatoms. The number of para-hydroxylation sites is 2. The van der Waals surface area contributed by atoms with E-state index in [4.69, 9.17) is 4.74 Å². The van der Waals surface area contributed by atoms with Crippen LogP contribution in [0, 0.1) is 12.8 Å². The summed E-state index contributed by atoms with van der Waals surface area (Å²) in [5, 5.41) is 6.01. The molecular formula is C24H34N4O2. The number of rotatable bonds is 7. The zero-order valence-corrected chi connectivity index (χ0v) is 18.5. The third kappa shape index (κ3) is 6.21. The number of likely N-dealkylation sites (N-methyl/N-ethyl adjacent to an activating group) is 1. The van der Waals surface area contributed by atoms with Crippen LogP contribution in [0.25, 0.3) is 0 Å². The van der Waals surface area contributed by atoms with Crippen LogP contribution in [0.2, 0.25) is 0 Å². The summed E-state index contributed by atoms with van der Waals surface area (Å²) in [4.78, 5) is 17.5. The first-order valence-corrected chi connectivity index (χ1v) is 10.7. The van der Waals surface area contributed by atoms with Gasteiger partial charge in [0.1, 0.15) is 5.75 Å². The van der Waals surface area contributed by atoms with Gasteiger partial charge in [-0.2, -0.15) is 0 Å². The van der Waals surface area contributed by atoms with Crippen molar-refractivity contribution in [2.45, 2.75) is 26.8 Å². The highest BCUT2D eigenvalue weighted by molar-refractivity contribution is 5.91. The molecule has 6 nitrogen and oxygen atoms in total. The summed E-state index contributed by atoms with van der Waals surface area (Å²) < 4.78 is 6.00. The predicted molar refractivity (Wildman–Crippen MR) is 122 cm³/mol. The Labute approximate surface area is 180 Å². The second-order valence-corrected chi connectivity index (χ2v) is 8.40. The molecule has 1 unspecified atom stereocenters. The van der Waals surface area contributed by atoms with Crippen LogP contribution in [-0.4, -0.2) is 61.6 Å². The molecule has 2 aromatic rings. The summed E-state index contributed by atoms with van der Waals surface area (Å²) in [5.41, 5.74) is 1.77. The predicted octanol–water partition coefficient (Wildman–Crippen LogP) is 4.18. The van der Waals surface area contributed by atoms with E-state index in [1.165, 1.54) is 0 Å². The molecule has 162 valence electrons. The van der Waals surface area contributed by atoms with E-state index in [1.54, 1.807) is 0 Å². The second kappa shape index (κ2) is 10.5. The van der Waals surface area contributed by atoms with Crippen LogP contribution in [0.15, 0.2) is 48.5 Å². The molecule has 1 aliphatic rings. The number of nitrogens with one attached hydrogen (secondary N) is 2. The van der Waals surface area contributed by atoms with Gasteiger partial charge >= 0.3 is 6.03 Å². The zero-order valence-electron chi connectivity index (χ0n) is 18.5. The lowest BCUT2D eigenvalue weighted by Gasteiger charge is -2.39.